The largest absolute Gasteiger partial charge is 0.497 e. The van der Waals surface area contributed by atoms with Crippen molar-refractivity contribution in [1.29, 1.82) is 0 Å². The van der Waals surface area contributed by atoms with Crippen LogP contribution in [0.2, 0.25) is 0 Å². The van der Waals surface area contributed by atoms with Crippen molar-refractivity contribution in [2.45, 2.75) is 93.9 Å². The second-order valence-corrected chi connectivity index (χ2v) is 16.7. The van der Waals surface area contributed by atoms with Gasteiger partial charge in [-0.2, -0.15) is 0 Å². The van der Waals surface area contributed by atoms with Gasteiger partial charge in [0, 0.05) is 12.1 Å². The van der Waals surface area contributed by atoms with Gasteiger partial charge in [0.25, 0.3) is 0 Å². The fourth-order valence-corrected chi connectivity index (χ4v) is 6.14. The van der Waals surface area contributed by atoms with Crippen LogP contribution in [-0.2, 0) is 0 Å². The zero-order chi connectivity index (χ0) is 58.5. The predicted molar refractivity (Wildman–Crippen MR) is 329 cm³/mol. The van der Waals surface area contributed by atoms with Crippen molar-refractivity contribution in [2.24, 2.45) is 0 Å². The van der Waals surface area contributed by atoms with Crippen LogP contribution in [0.5, 0.6) is 69.0 Å². The normalized spacial score (nSPS) is 9.56. The third-order valence-corrected chi connectivity index (χ3v) is 9.84. The first kappa shape index (κ1) is 70.2. The van der Waals surface area contributed by atoms with Crippen LogP contribution in [0.15, 0.2) is 184 Å². The zero-order valence-electron chi connectivity index (χ0n) is 49.6. The maximum Gasteiger partial charge on any atom is 0.161 e. The van der Waals surface area contributed by atoms with Crippen LogP contribution in [-0.4, -0.2) is 79.8 Å². The number of hydrogen-bond acceptors (Lipinski definition) is 12. The van der Waals surface area contributed by atoms with Crippen molar-refractivity contribution in [1.82, 2.24) is 0 Å². The van der Waals surface area contributed by atoms with E-state index in [4.69, 9.17) is 56.8 Å². The molecule has 12 nitrogen and oxygen atoms in total. The lowest BCUT2D eigenvalue weighted by atomic mass is 10.3. The molecule has 6 rings (SSSR count). The third-order valence-electron chi connectivity index (χ3n) is 9.84. The monoisotopic (exact) mass is 1100 g/mol. The molecule has 0 bridgehead atoms. The smallest absolute Gasteiger partial charge is 0.161 e. The standard InChI is InChI=1S/C13H20O2.3C12H16O2.C10H14O2.C9H12O2/c1-3-5-11-15-13-9-7-6-8-12(13)14-10-4-2;1-3-9-13-11-5-7-12(8-6-11)14-10-4-2;1-3-9-13-11-7-5-6-8-12(11)14-10-4-2;1-3-8-13-11-6-5-7-12(10-11)14-9-4-2;1-3-11-9-5-7-10(8-6-9)12-4-2;1-3-11-9-6-4-5-8(7-9)10-2/h6-9H,3-5,10-11H2,1-2H3;2*3,5-8H,1,4,9-10H2,2H3;3,5-7,10H,1,4,8-9H2,2H3;5-8H,3-4H2,1-2H3;4-7H,3H2,1-2H3. The lowest BCUT2D eigenvalue weighted by Crippen LogP contribution is -2.01. The van der Waals surface area contributed by atoms with Crippen molar-refractivity contribution in [2.75, 3.05) is 79.8 Å². The highest BCUT2D eigenvalue weighted by molar-refractivity contribution is 5.40. The molecule has 0 N–H and O–H groups in total. The number of rotatable bonds is 32. The van der Waals surface area contributed by atoms with Gasteiger partial charge in [-0.3, -0.25) is 0 Å². The molecule has 0 heterocycles. The van der Waals surface area contributed by atoms with Crippen LogP contribution in [0.4, 0.5) is 0 Å². The Morgan fingerprint density at radius 1 is 0.287 bits per heavy atom. The van der Waals surface area contributed by atoms with Gasteiger partial charge >= 0.3 is 0 Å². The minimum atomic E-state index is 0.506. The summed E-state index contributed by atoms with van der Waals surface area (Å²) in [5, 5.41) is 0. The Balaban J connectivity index is 0.000000481. The van der Waals surface area contributed by atoms with Crippen LogP contribution in [0.1, 0.15) is 93.9 Å². The lowest BCUT2D eigenvalue weighted by Gasteiger charge is -2.11. The topological polar surface area (TPSA) is 111 Å². The molecule has 0 aliphatic carbocycles. The SMILES string of the molecule is C=CCOc1ccc(OCCC)cc1.C=CCOc1cccc(OCCC)c1.C=CCOc1ccccc1OCCC.CCCCOc1ccccc1OCCC.CCOc1ccc(OCC)cc1.CCOc1cccc(OC)c1. The van der Waals surface area contributed by atoms with E-state index in [-0.39, 0.29) is 0 Å². The molecule has 0 radical (unpaired) electrons. The first-order chi connectivity index (χ1) is 39.2. The van der Waals surface area contributed by atoms with Crippen LogP contribution >= 0.6 is 0 Å². The van der Waals surface area contributed by atoms with Gasteiger partial charge in [-0.05, 0) is 150 Å². The highest BCUT2D eigenvalue weighted by atomic mass is 16.5. The van der Waals surface area contributed by atoms with E-state index in [2.05, 4.69) is 54.4 Å². The molecule has 12 heteroatoms. The van der Waals surface area contributed by atoms with E-state index in [0.29, 0.717) is 46.2 Å². The van der Waals surface area contributed by atoms with Crippen LogP contribution in [0.3, 0.4) is 0 Å². The Morgan fingerprint density at radius 2 is 0.588 bits per heavy atom. The number of benzene rings is 6. The summed E-state index contributed by atoms with van der Waals surface area (Å²) in [4.78, 5) is 0. The lowest BCUT2D eigenvalue weighted by molar-refractivity contribution is 0.265. The molecule has 0 unspecified atom stereocenters. The summed E-state index contributed by atoms with van der Waals surface area (Å²) in [6, 6.07) is 46.0. The number of hydrogen-bond donors (Lipinski definition) is 0. The Morgan fingerprint density at radius 3 is 0.988 bits per heavy atom. The van der Waals surface area contributed by atoms with E-state index in [9.17, 15) is 0 Å². The summed E-state index contributed by atoms with van der Waals surface area (Å²) in [6.45, 7) is 34.6. The number of para-hydroxylation sites is 4. The van der Waals surface area contributed by atoms with Crippen LogP contribution in [0.25, 0.3) is 0 Å². The molecule has 6 aromatic carbocycles. The van der Waals surface area contributed by atoms with E-state index in [1.807, 2.05) is 166 Å². The quantitative estimate of drug-likeness (QED) is 0.0296. The predicted octanol–water partition coefficient (Wildman–Crippen LogP) is 17.4. The molecule has 438 valence electrons. The number of unbranched alkanes of at least 4 members (excludes halogenated alkanes) is 1. The second kappa shape index (κ2) is 49.4. The molecule has 0 amide bonds. The minimum Gasteiger partial charge on any atom is -0.497 e. The van der Waals surface area contributed by atoms with Gasteiger partial charge in [0.15, 0.2) is 23.0 Å². The van der Waals surface area contributed by atoms with Crippen molar-refractivity contribution in [3.05, 3.63) is 184 Å². The minimum absolute atomic E-state index is 0.506. The highest BCUT2D eigenvalue weighted by Gasteiger charge is 2.04. The van der Waals surface area contributed by atoms with Gasteiger partial charge < -0.3 is 56.8 Å². The fourth-order valence-electron chi connectivity index (χ4n) is 6.14. The van der Waals surface area contributed by atoms with Crippen molar-refractivity contribution in [3.63, 3.8) is 0 Å². The molecular weight excluding hydrogens is 1010 g/mol. The van der Waals surface area contributed by atoms with Crippen LogP contribution < -0.4 is 56.8 Å². The maximum absolute atomic E-state index is 5.65. The highest BCUT2D eigenvalue weighted by Crippen LogP contribution is 2.28. The summed E-state index contributed by atoms with van der Waals surface area (Å²) in [6.07, 6.45) is 11.4. The summed E-state index contributed by atoms with van der Waals surface area (Å²) in [5.74, 6) is 10.2. The summed E-state index contributed by atoms with van der Waals surface area (Å²) in [7, 11) is 1.64. The van der Waals surface area contributed by atoms with E-state index < -0.39 is 0 Å². The Bertz CT molecular complexity index is 2380. The molecule has 0 fully saturated rings. The Hall–Kier alpha value is -7.86. The van der Waals surface area contributed by atoms with E-state index in [0.717, 1.165) is 134 Å². The Labute approximate surface area is 481 Å². The van der Waals surface area contributed by atoms with E-state index in [1.165, 1.54) is 0 Å². The summed E-state index contributed by atoms with van der Waals surface area (Å²) >= 11 is 0. The molecule has 0 aromatic heterocycles. The average molecular weight is 1100 g/mol. The molecule has 0 atom stereocenters. The molecule has 0 saturated heterocycles. The zero-order valence-corrected chi connectivity index (χ0v) is 49.6. The molecule has 0 aliphatic rings. The van der Waals surface area contributed by atoms with Crippen molar-refractivity contribution >= 4 is 0 Å². The first-order valence-electron chi connectivity index (χ1n) is 28.1. The summed E-state index contributed by atoms with van der Waals surface area (Å²) < 4.78 is 64.7. The van der Waals surface area contributed by atoms with Crippen molar-refractivity contribution < 1.29 is 56.8 Å². The van der Waals surface area contributed by atoms with Crippen molar-refractivity contribution in [3.8, 4) is 69.0 Å². The Kier molecular flexibility index (Phi) is 43.4. The molecule has 0 aliphatic heterocycles. The maximum atomic E-state index is 5.65. The molecule has 6 aromatic rings. The average Bonchev–Trinajstić information content (AvgIpc) is 3.50. The van der Waals surface area contributed by atoms with Gasteiger partial charge in [-0.15, -0.1) is 0 Å². The molecular formula is C68H94O12. The second-order valence-electron chi connectivity index (χ2n) is 16.7. The summed E-state index contributed by atoms with van der Waals surface area (Å²) in [5.41, 5.74) is 0. The number of methoxy groups -OCH3 is 1. The van der Waals surface area contributed by atoms with Crippen LogP contribution in [0, 0.1) is 0 Å². The number of ether oxygens (including phenoxy) is 12. The molecule has 80 heavy (non-hydrogen) atoms. The van der Waals surface area contributed by atoms with Gasteiger partial charge in [-0.1, -0.05) is 115 Å². The molecule has 0 saturated carbocycles. The van der Waals surface area contributed by atoms with E-state index >= 15 is 0 Å². The van der Waals surface area contributed by atoms with Gasteiger partial charge in [0.05, 0.1) is 60.0 Å². The first-order valence-corrected chi connectivity index (χ1v) is 28.1. The van der Waals surface area contributed by atoms with E-state index in [1.54, 1.807) is 25.3 Å². The third kappa shape index (κ3) is 34.8. The van der Waals surface area contributed by atoms with Gasteiger partial charge in [0.2, 0.25) is 0 Å². The fraction of sp³-hybridized carbons (Fsp3) is 0.382. The van der Waals surface area contributed by atoms with Gasteiger partial charge in [0.1, 0.15) is 65.8 Å². The van der Waals surface area contributed by atoms with Gasteiger partial charge in [-0.25, -0.2) is 0 Å². The molecule has 0 spiro atoms.